The fourth-order valence-electron chi connectivity index (χ4n) is 9.08. The molecule has 26 nitrogen and oxygen atoms in total. The van der Waals surface area contributed by atoms with Gasteiger partial charge in [-0.05, 0) is 143 Å². The summed E-state index contributed by atoms with van der Waals surface area (Å²) in [6.45, 7) is 40.4. The number of carbonyl (C=O) groups is 6. The fourth-order valence-corrected chi connectivity index (χ4v) is 35.4. The number of nitro groups is 2. The quantitative estimate of drug-likeness (QED) is 0.0125. The first-order chi connectivity index (χ1) is 38.7. The topological polar surface area (TPSA) is 306 Å². The molecule has 32 heteroatoms. The lowest BCUT2D eigenvalue weighted by Gasteiger charge is -2.37. The highest BCUT2D eigenvalue weighted by atomic mass is 28.5. The Kier molecular flexibility index (Phi) is 26.5. The maximum absolute atomic E-state index is 12.6. The van der Waals surface area contributed by atoms with Crippen LogP contribution in [0.2, 0.25) is 104 Å². The minimum atomic E-state index is -2.34. The van der Waals surface area contributed by atoms with Crippen LogP contribution in [-0.4, -0.2) is 133 Å². The van der Waals surface area contributed by atoms with Gasteiger partial charge in [-0.25, -0.2) is 9.59 Å². The SMILES string of the molecule is C=CCOc1cc(C(C)OC(=O)ON2C(=O)CCC2=O)c([N+](=O)[O-])cc1OCC=C.CC(OC(=O)ON1C(=O)CCC1=O)c1cc(OCCC[Si](C)(C)O[Si](C)(C)O[Si](C)(C)C)c(OCCC[Si](C)(C)O[Si](C)(C)O[Si](C)(C)C)cc1[N+](=O)[O-]. The summed E-state index contributed by atoms with van der Waals surface area (Å²) in [4.78, 5) is 103. The number of hydrogen-bond donors (Lipinski definition) is 0. The Morgan fingerprint density at radius 1 is 0.524 bits per heavy atom. The van der Waals surface area contributed by atoms with Crippen molar-refractivity contribution < 1.29 is 93.2 Å². The van der Waals surface area contributed by atoms with Gasteiger partial charge in [0.2, 0.25) is 0 Å². The first-order valence-electron chi connectivity index (χ1n) is 27.3. The average Bonchev–Trinajstić information content (AvgIpc) is 2.91. The summed E-state index contributed by atoms with van der Waals surface area (Å²) in [5.41, 5.74) is -0.754. The van der Waals surface area contributed by atoms with E-state index in [0.717, 1.165) is 18.2 Å². The molecule has 2 aromatic carbocycles. The van der Waals surface area contributed by atoms with Crippen molar-refractivity contribution >= 4 is 97.7 Å². The van der Waals surface area contributed by atoms with Crippen LogP contribution in [0.4, 0.5) is 21.0 Å². The number of nitro benzene ring substituents is 2. The van der Waals surface area contributed by atoms with Crippen molar-refractivity contribution in [2.75, 3.05) is 26.4 Å². The summed E-state index contributed by atoms with van der Waals surface area (Å²) in [6.07, 6.45) is -1.22. The molecule has 2 aromatic rings. The Hall–Kier alpha value is -6.12. The zero-order valence-electron chi connectivity index (χ0n) is 51.3. The van der Waals surface area contributed by atoms with Crippen LogP contribution in [-0.2, 0) is 54.8 Å². The minimum absolute atomic E-state index is 0.0129. The molecule has 2 aliphatic rings. The summed E-state index contributed by atoms with van der Waals surface area (Å²) < 4.78 is 59.7. The molecule has 0 aliphatic carbocycles. The number of ether oxygens (including phenoxy) is 6. The molecule has 0 radical (unpaired) electrons. The molecule has 0 N–H and O–H groups in total. The van der Waals surface area contributed by atoms with Gasteiger partial charge in [0, 0.05) is 25.7 Å². The molecule has 2 aliphatic heterocycles. The first kappa shape index (κ1) is 72.1. The molecule has 4 amide bonds. The highest BCUT2D eigenvalue weighted by molar-refractivity contribution is 6.88. The van der Waals surface area contributed by atoms with Gasteiger partial charge in [-0.15, -0.1) is 0 Å². The number of nitrogens with zero attached hydrogens (tertiary/aromatic N) is 4. The Labute approximate surface area is 497 Å². The summed E-state index contributed by atoms with van der Waals surface area (Å²) in [5, 5.41) is 24.5. The van der Waals surface area contributed by atoms with E-state index in [1.54, 1.807) is 0 Å². The van der Waals surface area contributed by atoms with E-state index < -0.39 is 114 Å². The van der Waals surface area contributed by atoms with Gasteiger partial charge in [0.1, 0.15) is 25.4 Å². The van der Waals surface area contributed by atoms with Gasteiger partial charge >= 0.3 is 29.4 Å². The summed E-state index contributed by atoms with van der Waals surface area (Å²) in [6, 6.07) is 6.70. The van der Waals surface area contributed by atoms with Crippen molar-refractivity contribution in [1.82, 2.24) is 10.1 Å². The number of hydrogen-bond acceptors (Lipinski definition) is 22. The van der Waals surface area contributed by atoms with Gasteiger partial charge in [0.05, 0.1) is 46.3 Å². The Bertz CT molecular complexity index is 2700. The van der Waals surface area contributed by atoms with E-state index in [2.05, 4.69) is 110 Å². The molecule has 2 saturated heterocycles. The molecule has 2 atom stereocenters. The van der Waals surface area contributed by atoms with Gasteiger partial charge in [-0.2, -0.15) is 0 Å². The Morgan fingerprint density at radius 3 is 1.12 bits per heavy atom. The van der Waals surface area contributed by atoms with E-state index >= 15 is 0 Å². The van der Waals surface area contributed by atoms with Crippen molar-refractivity contribution in [1.29, 1.82) is 0 Å². The van der Waals surface area contributed by atoms with Gasteiger partial charge in [0.25, 0.3) is 35.0 Å². The lowest BCUT2D eigenvalue weighted by Crippen LogP contribution is -2.51. The number of carbonyl (C=O) groups excluding carboxylic acids is 6. The van der Waals surface area contributed by atoms with Gasteiger partial charge in [-0.1, -0.05) is 35.4 Å². The highest BCUT2D eigenvalue weighted by Crippen LogP contribution is 2.41. The lowest BCUT2D eigenvalue weighted by molar-refractivity contribution is -0.386. The van der Waals surface area contributed by atoms with Crippen LogP contribution in [0.15, 0.2) is 49.6 Å². The second kappa shape index (κ2) is 30.8. The van der Waals surface area contributed by atoms with Crippen molar-refractivity contribution in [3.63, 3.8) is 0 Å². The van der Waals surface area contributed by atoms with Crippen molar-refractivity contribution in [2.45, 2.75) is 168 Å². The van der Waals surface area contributed by atoms with E-state index in [9.17, 15) is 49.0 Å². The summed E-state index contributed by atoms with van der Waals surface area (Å²) in [5.74, 6) is -2.05. The molecule has 84 heavy (non-hydrogen) atoms. The number of imide groups is 2. The normalized spacial score (nSPS) is 14.9. The number of hydroxylamine groups is 4. The number of benzene rings is 2. The third kappa shape index (κ3) is 24.5. The minimum Gasteiger partial charge on any atom is -0.490 e. The molecule has 468 valence electrons. The molecule has 0 spiro atoms. The summed E-state index contributed by atoms with van der Waals surface area (Å²) in [7, 11) is -12.5. The Morgan fingerprint density at radius 2 is 0.821 bits per heavy atom. The zero-order chi connectivity index (χ0) is 63.8. The van der Waals surface area contributed by atoms with Gasteiger partial charge in [-0.3, -0.25) is 49.1 Å². The molecule has 2 heterocycles. The predicted octanol–water partition coefficient (Wildman–Crippen LogP) is 12.0. The molecular formula is C52H84N4O22Si6. The molecule has 2 unspecified atom stereocenters. The van der Waals surface area contributed by atoms with E-state index in [-0.39, 0.29) is 91.9 Å². The molecule has 0 bridgehead atoms. The third-order valence-corrected chi connectivity index (χ3v) is 31.9. The van der Waals surface area contributed by atoms with Gasteiger partial charge in [0.15, 0.2) is 56.3 Å². The molecule has 4 rings (SSSR count). The number of rotatable bonds is 32. The standard InChI is InChI=1S/C33H64N2O13Si6.C19H20N2O9/c1-26(43-33(38)44-34-31(36)18-19-32(34)37)27-24-29(41-20-16-22-51(8,9)47-53(12,13)45-49(2,3)4)30(25-28(27)35(39)40)42-21-17-23-52(10,11)48-54(14,15)46-50(5,6)7;1-4-8-27-15-10-13(14(21(25)26)11-16(15)28-9-5-2)12(3)29-19(24)30-20-17(22)6-7-18(20)23/h24-26H,16-23H2,1-15H3;4-5,10-12H,1-2,6-9H2,3H3. The number of amides is 4. The average molecular weight is 1290 g/mol. The largest absolute Gasteiger partial charge is 0.534 e. The third-order valence-electron chi connectivity index (χ3n) is 11.6. The van der Waals surface area contributed by atoms with E-state index in [1.807, 2.05) is 0 Å². The van der Waals surface area contributed by atoms with E-state index in [0.29, 0.717) is 23.0 Å². The van der Waals surface area contributed by atoms with E-state index in [1.165, 1.54) is 44.2 Å². The van der Waals surface area contributed by atoms with Crippen LogP contribution in [0.3, 0.4) is 0 Å². The second-order valence-corrected chi connectivity index (χ2v) is 49.0. The van der Waals surface area contributed by atoms with Crippen molar-refractivity contribution in [3.8, 4) is 23.0 Å². The smallest absolute Gasteiger partial charge is 0.490 e. The predicted molar refractivity (Wildman–Crippen MR) is 323 cm³/mol. The van der Waals surface area contributed by atoms with Crippen LogP contribution in [0.25, 0.3) is 0 Å². The Balaban J connectivity index is 0.000000518. The lowest BCUT2D eigenvalue weighted by atomic mass is 10.1. The molecule has 0 saturated carbocycles. The fraction of sp³-hybridized carbons (Fsp3) is 0.577. The maximum Gasteiger partial charge on any atom is 0.534 e. The van der Waals surface area contributed by atoms with Crippen LogP contribution in [0.1, 0.15) is 75.7 Å². The van der Waals surface area contributed by atoms with Crippen molar-refractivity contribution in [3.05, 3.63) is 80.9 Å². The van der Waals surface area contributed by atoms with Crippen molar-refractivity contribution in [2.24, 2.45) is 0 Å². The zero-order valence-corrected chi connectivity index (χ0v) is 57.3. The van der Waals surface area contributed by atoms with E-state index in [4.69, 9.17) is 49.7 Å². The van der Waals surface area contributed by atoms with Crippen LogP contribution in [0, 0.1) is 20.2 Å². The second-order valence-electron chi connectivity index (χ2n) is 23.7. The van der Waals surface area contributed by atoms with Crippen LogP contribution < -0.4 is 18.9 Å². The maximum atomic E-state index is 12.6. The molecule has 0 aromatic heterocycles. The van der Waals surface area contributed by atoms with Gasteiger partial charge < -0.3 is 44.9 Å². The summed E-state index contributed by atoms with van der Waals surface area (Å²) >= 11 is 0. The first-order valence-corrected chi connectivity index (χ1v) is 46.0. The highest BCUT2D eigenvalue weighted by Gasteiger charge is 2.41. The van der Waals surface area contributed by atoms with Crippen LogP contribution >= 0.6 is 0 Å². The monoisotopic (exact) mass is 1280 g/mol. The van der Waals surface area contributed by atoms with Crippen LogP contribution in [0.5, 0.6) is 23.0 Å². The molecule has 2 fully saturated rings. The molecular weight excluding hydrogens is 1200 g/mol.